The predicted octanol–water partition coefficient (Wildman–Crippen LogP) is 2.08. The number of benzene rings is 1. The van der Waals surface area contributed by atoms with E-state index in [4.69, 9.17) is 0 Å². The van der Waals surface area contributed by atoms with Crippen LogP contribution in [0.15, 0.2) is 23.1 Å². The van der Waals surface area contributed by atoms with E-state index < -0.39 is 41.7 Å². The Labute approximate surface area is 126 Å². The first-order valence-corrected chi connectivity index (χ1v) is 7.77. The van der Waals surface area contributed by atoms with E-state index in [-0.39, 0.29) is 4.90 Å². The van der Waals surface area contributed by atoms with Crippen LogP contribution in [0.2, 0.25) is 0 Å². The lowest BCUT2D eigenvalue weighted by molar-refractivity contribution is -0.174. The third-order valence-corrected chi connectivity index (χ3v) is 4.14. The minimum Gasteiger partial charge on any atom is -0.372 e. The third-order valence-electron chi connectivity index (χ3n) is 2.61. The maximum Gasteiger partial charge on any atom is 0.411 e. The van der Waals surface area contributed by atoms with Crippen molar-refractivity contribution >= 4 is 15.9 Å². The Kier molecular flexibility index (Phi) is 5.95. The average molecular weight is 339 g/mol. The number of carbonyl (C=O) groups excluding carboxylic acids is 1. The van der Waals surface area contributed by atoms with Crippen LogP contribution in [0.25, 0.3) is 0 Å². The molecule has 0 bridgehead atoms. The molecule has 0 unspecified atom stereocenters. The van der Waals surface area contributed by atoms with Gasteiger partial charge in [0, 0.05) is 0 Å². The Morgan fingerprint density at radius 1 is 1.27 bits per heavy atom. The highest BCUT2D eigenvalue weighted by Gasteiger charge is 2.27. The van der Waals surface area contributed by atoms with Crippen LogP contribution >= 0.6 is 0 Å². The molecule has 9 heteroatoms. The van der Waals surface area contributed by atoms with Crippen molar-refractivity contribution in [3.8, 4) is 0 Å². The molecule has 0 spiro atoms. The van der Waals surface area contributed by atoms with Crippen LogP contribution in [0, 0.1) is 13.8 Å². The van der Waals surface area contributed by atoms with Gasteiger partial charge in [0.15, 0.2) is 0 Å². The second kappa shape index (κ2) is 7.10. The van der Waals surface area contributed by atoms with Gasteiger partial charge >= 0.3 is 6.18 Å². The topological polar surface area (TPSA) is 72.5 Å². The maximum absolute atomic E-state index is 12.0. The summed E-state index contributed by atoms with van der Waals surface area (Å²) in [6.45, 7) is 1.37. The summed E-state index contributed by atoms with van der Waals surface area (Å²) in [5.74, 6) is -0.929. The van der Waals surface area contributed by atoms with E-state index >= 15 is 0 Å². The van der Waals surface area contributed by atoms with E-state index in [0.29, 0.717) is 5.56 Å². The summed E-state index contributed by atoms with van der Waals surface area (Å²) in [5.41, 5.74) is 1.33. The van der Waals surface area contributed by atoms with E-state index in [2.05, 4.69) is 4.74 Å². The SMILES string of the molecule is Cc1ccc(S(=O)(=O)NC(=O)CCOCC(F)(F)F)c(C)c1. The number of hydrogen-bond acceptors (Lipinski definition) is 4. The van der Waals surface area contributed by atoms with Gasteiger partial charge in [-0.2, -0.15) is 13.2 Å². The van der Waals surface area contributed by atoms with Crippen LogP contribution in [-0.4, -0.2) is 33.7 Å². The summed E-state index contributed by atoms with van der Waals surface area (Å²) < 4.78 is 65.6. The molecule has 0 atom stereocenters. The van der Waals surface area contributed by atoms with Crippen LogP contribution in [0.4, 0.5) is 13.2 Å². The molecular weight excluding hydrogens is 323 g/mol. The molecule has 124 valence electrons. The minimum absolute atomic E-state index is 0.0531. The van der Waals surface area contributed by atoms with Crippen molar-refractivity contribution in [1.82, 2.24) is 4.72 Å². The fourth-order valence-electron chi connectivity index (χ4n) is 1.71. The third kappa shape index (κ3) is 6.02. The highest BCUT2D eigenvalue weighted by molar-refractivity contribution is 7.90. The number of alkyl halides is 3. The number of nitrogens with one attached hydrogen (secondary N) is 1. The Morgan fingerprint density at radius 3 is 2.45 bits per heavy atom. The Hall–Kier alpha value is -1.61. The average Bonchev–Trinajstić information content (AvgIpc) is 2.32. The van der Waals surface area contributed by atoms with Crippen LogP contribution in [0.5, 0.6) is 0 Å². The molecule has 0 aliphatic carbocycles. The molecule has 0 heterocycles. The number of halogens is 3. The lowest BCUT2D eigenvalue weighted by Crippen LogP contribution is -2.32. The number of carbonyl (C=O) groups is 1. The molecule has 1 N–H and O–H groups in total. The van der Waals surface area contributed by atoms with E-state index in [1.54, 1.807) is 30.7 Å². The Morgan fingerprint density at radius 2 is 1.91 bits per heavy atom. The van der Waals surface area contributed by atoms with Gasteiger partial charge in [-0.1, -0.05) is 17.7 Å². The van der Waals surface area contributed by atoms with E-state index in [1.165, 1.54) is 6.07 Å². The van der Waals surface area contributed by atoms with Crippen LogP contribution < -0.4 is 4.72 Å². The molecule has 0 saturated heterocycles. The van der Waals surface area contributed by atoms with Crippen molar-refractivity contribution in [2.75, 3.05) is 13.2 Å². The quantitative estimate of drug-likeness (QED) is 0.806. The first-order valence-electron chi connectivity index (χ1n) is 6.29. The number of rotatable bonds is 6. The minimum atomic E-state index is -4.48. The monoisotopic (exact) mass is 339 g/mol. The smallest absolute Gasteiger partial charge is 0.372 e. The standard InChI is InChI=1S/C13H16F3NO4S/c1-9-3-4-11(10(2)7-9)22(19,20)17-12(18)5-6-21-8-13(14,15)16/h3-4,7H,5-6,8H2,1-2H3,(H,17,18). The van der Waals surface area contributed by atoms with Crippen molar-refractivity contribution in [3.63, 3.8) is 0 Å². The lowest BCUT2D eigenvalue weighted by Gasteiger charge is -2.10. The summed E-state index contributed by atoms with van der Waals surface area (Å²) in [6, 6.07) is 4.59. The zero-order chi connectivity index (χ0) is 17.0. The van der Waals surface area contributed by atoms with Gasteiger partial charge < -0.3 is 4.74 Å². The molecule has 0 radical (unpaired) electrons. The van der Waals surface area contributed by atoms with Gasteiger partial charge in [0.25, 0.3) is 10.0 Å². The van der Waals surface area contributed by atoms with E-state index in [0.717, 1.165) is 5.56 Å². The Bertz CT molecular complexity index is 641. The lowest BCUT2D eigenvalue weighted by atomic mass is 10.2. The number of aryl methyl sites for hydroxylation is 2. The summed E-state index contributed by atoms with van der Waals surface area (Å²) in [7, 11) is -4.05. The molecule has 0 fully saturated rings. The van der Waals surface area contributed by atoms with Crippen molar-refractivity contribution in [3.05, 3.63) is 29.3 Å². The molecule has 0 aliphatic heterocycles. The molecule has 1 aromatic carbocycles. The molecule has 0 aliphatic rings. The number of ether oxygens (including phenoxy) is 1. The van der Waals surface area contributed by atoms with Gasteiger partial charge in [0.2, 0.25) is 5.91 Å². The molecule has 5 nitrogen and oxygen atoms in total. The largest absolute Gasteiger partial charge is 0.411 e. The fraction of sp³-hybridized carbons (Fsp3) is 0.462. The van der Waals surface area contributed by atoms with E-state index in [1.807, 2.05) is 0 Å². The van der Waals surface area contributed by atoms with Gasteiger partial charge in [0.05, 0.1) is 17.9 Å². The zero-order valence-corrected chi connectivity index (χ0v) is 12.8. The summed E-state index contributed by atoms with van der Waals surface area (Å²) in [4.78, 5) is 11.4. The number of amides is 1. The fourth-order valence-corrected chi connectivity index (χ4v) is 2.95. The second-order valence-electron chi connectivity index (χ2n) is 4.72. The van der Waals surface area contributed by atoms with Gasteiger partial charge in [-0.25, -0.2) is 13.1 Å². The molecule has 1 aromatic rings. The van der Waals surface area contributed by atoms with Crippen molar-refractivity contribution in [2.45, 2.75) is 31.3 Å². The molecule has 0 aromatic heterocycles. The van der Waals surface area contributed by atoms with Gasteiger partial charge in [-0.05, 0) is 25.5 Å². The van der Waals surface area contributed by atoms with Gasteiger partial charge in [-0.15, -0.1) is 0 Å². The molecule has 1 amide bonds. The molecular formula is C13H16F3NO4S. The van der Waals surface area contributed by atoms with Crippen molar-refractivity contribution in [1.29, 1.82) is 0 Å². The number of hydrogen-bond donors (Lipinski definition) is 1. The number of sulfonamides is 1. The van der Waals surface area contributed by atoms with Crippen LogP contribution in [0.3, 0.4) is 0 Å². The second-order valence-corrected chi connectivity index (χ2v) is 6.37. The highest BCUT2D eigenvalue weighted by atomic mass is 32.2. The summed E-state index contributed by atoms with van der Waals surface area (Å²) >= 11 is 0. The van der Waals surface area contributed by atoms with E-state index in [9.17, 15) is 26.4 Å². The first-order chi connectivity index (χ1) is 10.0. The molecule has 22 heavy (non-hydrogen) atoms. The van der Waals surface area contributed by atoms with Crippen LogP contribution in [-0.2, 0) is 19.6 Å². The van der Waals surface area contributed by atoms with Crippen molar-refractivity contribution < 1.29 is 31.1 Å². The molecule has 0 saturated carbocycles. The van der Waals surface area contributed by atoms with Gasteiger partial charge in [-0.3, -0.25) is 4.79 Å². The first kappa shape index (κ1) is 18.4. The van der Waals surface area contributed by atoms with Crippen molar-refractivity contribution in [2.24, 2.45) is 0 Å². The summed E-state index contributed by atoms with van der Waals surface area (Å²) in [6.07, 6.45) is -4.97. The van der Waals surface area contributed by atoms with Gasteiger partial charge in [0.1, 0.15) is 6.61 Å². The summed E-state index contributed by atoms with van der Waals surface area (Å²) in [5, 5.41) is 0. The Balaban J connectivity index is 2.59. The molecule has 1 rings (SSSR count). The maximum atomic E-state index is 12.0. The van der Waals surface area contributed by atoms with Crippen LogP contribution in [0.1, 0.15) is 17.5 Å². The normalized spacial score (nSPS) is 12.2. The predicted molar refractivity (Wildman–Crippen MR) is 72.7 cm³/mol. The zero-order valence-electron chi connectivity index (χ0n) is 12.0. The highest BCUT2D eigenvalue weighted by Crippen LogP contribution is 2.16.